The molecule has 0 radical (unpaired) electrons. The summed E-state index contributed by atoms with van der Waals surface area (Å²) in [6.45, 7) is 3.39. The van der Waals surface area contributed by atoms with Gasteiger partial charge < -0.3 is 20.7 Å². The number of ether oxygens (including phenoxy) is 1. The third kappa shape index (κ3) is 6.85. The molecule has 0 aliphatic carbocycles. The number of hydrogen-bond donors (Lipinski definition) is 3. The van der Waals surface area contributed by atoms with E-state index in [0.717, 1.165) is 11.3 Å². The number of carbonyl (C=O) groups is 3. The number of benzene rings is 3. The molecule has 3 amide bonds. The number of nitrogens with one attached hydrogen (secondary N) is 3. The topological polar surface area (TPSA) is 96.5 Å². The number of anilines is 3. The van der Waals surface area contributed by atoms with E-state index >= 15 is 0 Å². The van der Waals surface area contributed by atoms with Gasteiger partial charge in [-0.05, 0) is 49.4 Å². The van der Waals surface area contributed by atoms with Gasteiger partial charge in [-0.2, -0.15) is 0 Å². The zero-order valence-electron chi connectivity index (χ0n) is 18.6. The minimum absolute atomic E-state index is 0.152. The number of aryl methyl sites for hydroxylation is 1. The van der Waals surface area contributed by atoms with Crippen molar-refractivity contribution < 1.29 is 19.1 Å². The van der Waals surface area contributed by atoms with Crippen molar-refractivity contribution in [3.8, 4) is 5.75 Å². The lowest BCUT2D eigenvalue weighted by Gasteiger charge is -2.14. The lowest BCUT2D eigenvalue weighted by molar-refractivity contribution is -0.114. The third-order valence-corrected chi connectivity index (χ3v) is 5.67. The molecule has 7 nitrogen and oxygen atoms in total. The smallest absolute Gasteiger partial charge is 0.256 e. The van der Waals surface area contributed by atoms with Crippen LogP contribution in [0, 0.1) is 6.92 Å². The SMILES string of the molecule is COc1ccc(NC(C)=O)cc1NC(=O)c1ccccc1SCC(=O)Nc1ccc(C)cc1. The fraction of sp³-hybridized carbons (Fsp3) is 0.160. The van der Waals surface area contributed by atoms with Gasteiger partial charge in [0.15, 0.2) is 0 Å². The molecule has 3 N–H and O–H groups in total. The first-order valence-corrected chi connectivity index (χ1v) is 11.2. The molecule has 0 aliphatic rings. The van der Waals surface area contributed by atoms with E-state index in [4.69, 9.17) is 4.74 Å². The molecular formula is C25H25N3O4S. The Hall–Kier alpha value is -3.78. The predicted octanol–water partition coefficient (Wildman–Crippen LogP) is 4.95. The monoisotopic (exact) mass is 463 g/mol. The maximum absolute atomic E-state index is 13.0. The summed E-state index contributed by atoms with van der Waals surface area (Å²) in [4.78, 5) is 37.4. The van der Waals surface area contributed by atoms with Crippen molar-refractivity contribution in [1.29, 1.82) is 0 Å². The second kappa shape index (κ2) is 11.2. The average molecular weight is 464 g/mol. The normalized spacial score (nSPS) is 10.3. The van der Waals surface area contributed by atoms with E-state index in [0.29, 0.717) is 27.6 Å². The summed E-state index contributed by atoms with van der Waals surface area (Å²) >= 11 is 1.28. The Morgan fingerprint density at radius 3 is 2.27 bits per heavy atom. The summed E-state index contributed by atoms with van der Waals surface area (Å²) in [5.74, 6) is -0.123. The highest BCUT2D eigenvalue weighted by Gasteiger charge is 2.16. The number of carbonyl (C=O) groups excluding carboxylic acids is 3. The average Bonchev–Trinajstić information content (AvgIpc) is 2.79. The molecule has 0 aliphatic heterocycles. The minimum Gasteiger partial charge on any atom is -0.495 e. The zero-order chi connectivity index (χ0) is 23.8. The molecule has 170 valence electrons. The molecule has 0 fully saturated rings. The Morgan fingerprint density at radius 2 is 1.58 bits per heavy atom. The van der Waals surface area contributed by atoms with Crippen molar-refractivity contribution in [2.45, 2.75) is 18.7 Å². The van der Waals surface area contributed by atoms with Gasteiger partial charge in [0.25, 0.3) is 5.91 Å². The van der Waals surface area contributed by atoms with Crippen molar-refractivity contribution in [1.82, 2.24) is 0 Å². The van der Waals surface area contributed by atoms with Crippen molar-refractivity contribution in [3.63, 3.8) is 0 Å². The largest absolute Gasteiger partial charge is 0.495 e. The van der Waals surface area contributed by atoms with Gasteiger partial charge in [0.2, 0.25) is 11.8 Å². The molecule has 0 saturated heterocycles. The van der Waals surface area contributed by atoms with Crippen LogP contribution in [-0.4, -0.2) is 30.6 Å². The molecule has 3 rings (SSSR count). The lowest BCUT2D eigenvalue weighted by atomic mass is 10.2. The van der Waals surface area contributed by atoms with Crippen LogP contribution in [0.15, 0.2) is 71.6 Å². The maximum Gasteiger partial charge on any atom is 0.256 e. The van der Waals surface area contributed by atoms with E-state index in [1.165, 1.54) is 25.8 Å². The molecular weight excluding hydrogens is 438 g/mol. The first-order chi connectivity index (χ1) is 15.9. The van der Waals surface area contributed by atoms with Crippen LogP contribution >= 0.6 is 11.8 Å². The Balaban J connectivity index is 1.70. The highest BCUT2D eigenvalue weighted by Crippen LogP contribution is 2.30. The van der Waals surface area contributed by atoms with Gasteiger partial charge in [0.1, 0.15) is 5.75 Å². The van der Waals surface area contributed by atoms with E-state index in [1.807, 2.05) is 37.3 Å². The van der Waals surface area contributed by atoms with Crippen molar-refractivity contribution in [2.75, 3.05) is 28.8 Å². The van der Waals surface area contributed by atoms with Gasteiger partial charge in [-0.25, -0.2) is 0 Å². The Bertz CT molecular complexity index is 1160. The molecule has 0 unspecified atom stereocenters. The van der Waals surface area contributed by atoms with Crippen molar-refractivity contribution in [3.05, 3.63) is 77.9 Å². The summed E-state index contributed by atoms with van der Waals surface area (Å²) in [6, 6.07) is 19.6. The number of rotatable bonds is 8. The molecule has 3 aromatic rings. The van der Waals surface area contributed by atoms with Crippen LogP contribution in [0.2, 0.25) is 0 Å². The van der Waals surface area contributed by atoms with Crippen LogP contribution in [0.4, 0.5) is 17.1 Å². The second-order valence-electron chi connectivity index (χ2n) is 7.25. The molecule has 3 aromatic carbocycles. The summed E-state index contributed by atoms with van der Waals surface area (Å²) in [6.07, 6.45) is 0. The van der Waals surface area contributed by atoms with Crippen molar-refractivity contribution in [2.24, 2.45) is 0 Å². The van der Waals surface area contributed by atoms with E-state index in [-0.39, 0.29) is 23.5 Å². The zero-order valence-corrected chi connectivity index (χ0v) is 19.4. The lowest BCUT2D eigenvalue weighted by Crippen LogP contribution is -2.16. The quantitative estimate of drug-likeness (QED) is 0.411. The van der Waals surface area contributed by atoms with Gasteiger partial charge >= 0.3 is 0 Å². The van der Waals surface area contributed by atoms with Gasteiger partial charge in [0.05, 0.1) is 24.1 Å². The molecule has 0 spiro atoms. The summed E-state index contributed by atoms with van der Waals surface area (Å²) in [5, 5.41) is 8.37. The van der Waals surface area contributed by atoms with Gasteiger partial charge in [-0.1, -0.05) is 29.8 Å². The van der Waals surface area contributed by atoms with E-state index in [2.05, 4.69) is 16.0 Å². The number of hydrogen-bond acceptors (Lipinski definition) is 5. The van der Waals surface area contributed by atoms with E-state index in [9.17, 15) is 14.4 Å². The first-order valence-electron chi connectivity index (χ1n) is 10.2. The Labute approximate surface area is 196 Å². The summed E-state index contributed by atoms with van der Waals surface area (Å²) < 4.78 is 5.33. The van der Waals surface area contributed by atoms with Crippen LogP contribution in [-0.2, 0) is 9.59 Å². The maximum atomic E-state index is 13.0. The highest BCUT2D eigenvalue weighted by molar-refractivity contribution is 8.00. The third-order valence-electron chi connectivity index (χ3n) is 4.59. The van der Waals surface area contributed by atoms with Crippen LogP contribution in [0.5, 0.6) is 5.75 Å². The van der Waals surface area contributed by atoms with Gasteiger partial charge in [-0.15, -0.1) is 11.8 Å². The molecule has 0 bridgehead atoms. The molecule has 0 heterocycles. The molecule has 0 aromatic heterocycles. The first kappa shape index (κ1) is 23.9. The molecule has 0 saturated carbocycles. The number of amides is 3. The standard InChI is InChI=1S/C25H25N3O4S/c1-16-8-10-18(11-9-16)27-24(30)15-33-23-7-5-4-6-20(23)25(31)28-21-14-19(26-17(2)29)12-13-22(21)32-3/h4-14H,15H2,1-3H3,(H,26,29)(H,27,30)(H,28,31). The van der Waals surface area contributed by atoms with E-state index < -0.39 is 0 Å². The van der Waals surface area contributed by atoms with Crippen LogP contribution < -0.4 is 20.7 Å². The summed E-state index contributed by atoms with van der Waals surface area (Å²) in [5.41, 5.74) is 3.22. The summed E-state index contributed by atoms with van der Waals surface area (Å²) in [7, 11) is 1.50. The molecule has 8 heteroatoms. The second-order valence-corrected chi connectivity index (χ2v) is 8.27. The van der Waals surface area contributed by atoms with Crippen LogP contribution in [0.25, 0.3) is 0 Å². The fourth-order valence-corrected chi connectivity index (χ4v) is 3.88. The fourth-order valence-electron chi connectivity index (χ4n) is 3.03. The van der Waals surface area contributed by atoms with Gasteiger partial charge in [-0.3, -0.25) is 14.4 Å². The van der Waals surface area contributed by atoms with Crippen LogP contribution in [0.1, 0.15) is 22.8 Å². The number of thioether (sulfide) groups is 1. The molecule has 0 atom stereocenters. The minimum atomic E-state index is -0.352. The predicted molar refractivity (Wildman–Crippen MR) is 132 cm³/mol. The van der Waals surface area contributed by atoms with Gasteiger partial charge in [0, 0.05) is 23.2 Å². The molecule has 33 heavy (non-hydrogen) atoms. The Kier molecular flexibility index (Phi) is 8.10. The van der Waals surface area contributed by atoms with Crippen LogP contribution in [0.3, 0.4) is 0 Å². The Morgan fingerprint density at radius 1 is 0.879 bits per heavy atom. The number of methoxy groups -OCH3 is 1. The van der Waals surface area contributed by atoms with Crippen molar-refractivity contribution >= 4 is 46.5 Å². The van der Waals surface area contributed by atoms with E-state index in [1.54, 1.807) is 36.4 Å². The highest BCUT2D eigenvalue weighted by atomic mass is 32.2.